The predicted molar refractivity (Wildman–Crippen MR) is 61.5 cm³/mol. The molecule has 0 radical (unpaired) electrons. The van der Waals surface area contributed by atoms with Crippen molar-refractivity contribution >= 4 is 27.5 Å². The molecule has 2 N–H and O–H groups in total. The van der Waals surface area contributed by atoms with Crippen LogP contribution in [0, 0.1) is 0 Å². The molecule has 0 fully saturated rings. The van der Waals surface area contributed by atoms with E-state index in [1.165, 1.54) is 0 Å². The van der Waals surface area contributed by atoms with E-state index < -0.39 is 12.2 Å². The third-order valence-corrected chi connectivity index (χ3v) is 3.38. The Labute approximate surface area is 105 Å². The van der Waals surface area contributed by atoms with Crippen LogP contribution in [-0.4, -0.2) is 12.2 Å². The van der Waals surface area contributed by atoms with Crippen LogP contribution < -0.4 is 5.73 Å². The van der Waals surface area contributed by atoms with Crippen LogP contribution in [0.3, 0.4) is 0 Å². The third kappa shape index (κ3) is 3.96. The highest BCUT2D eigenvalue weighted by molar-refractivity contribution is 9.10. The van der Waals surface area contributed by atoms with Gasteiger partial charge in [-0.3, -0.25) is 0 Å². The molecule has 0 aliphatic rings. The van der Waals surface area contributed by atoms with Crippen LogP contribution in [0.4, 0.5) is 13.2 Å². The van der Waals surface area contributed by atoms with E-state index in [0.717, 1.165) is 10.0 Å². The largest absolute Gasteiger partial charge is 0.403 e. The van der Waals surface area contributed by atoms with E-state index in [-0.39, 0.29) is 12.8 Å². The van der Waals surface area contributed by atoms with E-state index in [1.807, 2.05) is 0 Å². The van der Waals surface area contributed by atoms with Crippen molar-refractivity contribution in [1.82, 2.24) is 0 Å². The standard InChI is InChI=1S/C10H10BrClF3N/c11-7-3-1-6(5-8(7)12)2-4-9(16)10(13,14)15/h1,3,5,9H,2,4,16H2. The highest BCUT2D eigenvalue weighted by atomic mass is 79.9. The number of hydrogen-bond donors (Lipinski definition) is 1. The van der Waals surface area contributed by atoms with E-state index in [9.17, 15) is 13.2 Å². The average molecular weight is 317 g/mol. The molecule has 0 spiro atoms. The summed E-state index contributed by atoms with van der Waals surface area (Å²) in [6.07, 6.45) is -4.21. The van der Waals surface area contributed by atoms with Crippen LogP contribution in [0.1, 0.15) is 12.0 Å². The molecule has 16 heavy (non-hydrogen) atoms. The van der Waals surface area contributed by atoms with Gasteiger partial charge >= 0.3 is 6.18 Å². The summed E-state index contributed by atoms with van der Waals surface area (Å²) in [6.45, 7) is 0. The van der Waals surface area contributed by atoms with Crippen molar-refractivity contribution in [3.8, 4) is 0 Å². The normalized spacial score (nSPS) is 13.9. The molecule has 0 amide bonds. The smallest absolute Gasteiger partial charge is 0.320 e. The molecule has 90 valence electrons. The molecule has 1 rings (SSSR count). The van der Waals surface area contributed by atoms with Crippen LogP contribution in [0.2, 0.25) is 5.02 Å². The van der Waals surface area contributed by atoms with E-state index in [4.69, 9.17) is 17.3 Å². The number of aryl methyl sites for hydroxylation is 1. The van der Waals surface area contributed by atoms with Crippen molar-refractivity contribution in [2.24, 2.45) is 5.73 Å². The minimum Gasteiger partial charge on any atom is -0.320 e. The van der Waals surface area contributed by atoms with Crippen molar-refractivity contribution in [1.29, 1.82) is 0 Å². The lowest BCUT2D eigenvalue weighted by atomic mass is 10.1. The molecule has 0 saturated carbocycles. The highest BCUT2D eigenvalue weighted by Crippen LogP contribution is 2.25. The summed E-state index contributed by atoms with van der Waals surface area (Å²) in [5, 5.41) is 0.484. The topological polar surface area (TPSA) is 26.0 Å². The second kappa shape index (κ2) is 5.38. The Bertz CT molecular complexity index is 368. The Morgan fingerprint density at radius 2 is 2.00 bits per heavy atom. The van der Waals surface area contributed by atoms with Crippen LogP contribution in [-0.2, 0) is 6.42 Å². The third-order valence-electron chi connectivity index (χ3n) is 2.15. The second-order valence-corrected chi connectivity index (χ2v) is 4.70. The lowest BCUT2D eigenvalue weighted by Crippen LogP contribution is -2.37. The van der Waals surface area contributed by atoms with Gasteiger partial charge in [0, 0.05) is 4.47 Å². The van der Waals surface area contributed by atoms with Crippen molar-refractivity contribution in [2.45, 2.75) is 25.1 Å². The van der Waals surface area contributed by atoms with Crippen LogP contribution in [0.15, 0.2) is 22.7 Å². The summed E-state index contributed by atoms with van der Waals surface area (Å²) in [4.78, 5) is 0. The first-order chi connectivity index (χ1) is 7.30. The second-order valence-electron chi connectivity index (χ2n) is 3.44. The molecule has 0 saturated heterocycles. The summed E-state index contributed by atoms with van der Waals surface area (Å²) in [5.41, 5.74) is 5.74. The van der Waals surface area contributed by atoms with E-state index in [0.29, 0.717) is 5.02 Å². The Morgan fingerprint density at radius 1 is 1.38 bits per heavy atom. The fourth-order valence-electron chi connectivity index (χ4n) is 1.18. The fraction of sp³-hybridized carbons (Fsp3) is 0.400. The molecule has 0 bridgehead atoms. The molecule has 6 heteroatoms. The fourth-order valence-corrected chi connectivity index (χ4v) is 1.63. The van der Waals surface area contributed by atoms with Gasteiger partial charge in [0.15, 0.2) is 0 Å². The van der Waals surface area contributed by atoms with Crippen LogP contribution in [0.5, 0.6) is 0 Å². The number of hydrogen-bond acceptors (Lipinski definition) is 1. The van der Waals surface area contributed by atoms with Crippen molar-refractivity contribution in [3.05, 3.63) is 33.3 Å². The molecule has 0 aliphatic heterocycles. The predicted octanol–water partition coefficient (Wildman–Crippen LogP) is 3.92. The van der Waals surface area contributed by atoms with Gasteiger partial charge in [-0.05, 0) is 46.5 Å². The van der Waals surface area contributed by atoms with E-state index in [2.05, 4.69) is 15.9 Å². The zero-order valence-corrected chi connectivity index (χ0v) is 10.5. The average Bonchev–Trinajstić information content (AvgIpc) is 2.18. The molecular weight excluding hydrogens is 306 g/mol. The zero-order valence-electron chi connectivity index (χ0n) is 8.19. The molecule has 0 aliphatic carbocycles. The van der Waals surface area contributed by atoms with Crippen LogP contribution >= 0.6 is 27.5 Å². The minimum atomic E-state index is -4.33. The molecule has 1 atom stereocenters. The van der Waals surface area contributed by atoms with E-state index >= 15 is 0 Å². The van der Waals surface area contributed by atoms with Gasteiger partial charge in [0.25, 0.3) is 0 Å². The maximum Gasteiger partial charge on any atom is 0.403 e. The summed E-state index contributed by atoms with van der Waals surface area (Å²) in [7, 11) is 0. The quantitative estimate of drug-likeness (QED) is 0.898. The van der Waals surface area contributed by atoms with Gasteiger partial charge in [-0.2, -0.15) is 13.2 Å². The number of alkyl halides is 3. The van der Waals surface area contributed by atoms with Crippen molar-refractivity contribution in [3.63, 3.8) is 0 Å². The lowest BCUT2D eigenvalue weighted by Gasteiger charge is -2.15. The maximum absolute atomic E-state index is 12.1. The van der Waals surface area contributed by atoms with Crippen LogP contribution in [0.25, 0.3) is 0 Å². The Kier molecular flexibility index (Phi) is 4.64. The molecule has 1 aromatic carbocycles. The molecule has 0 heterocycles. The van der Waals surface area contributed by atoms with Gasteiger partial charge in [-0.1, -0.05) is 17.7 Å². The van der Waals surface area contributed by atoms with Gasteiger partial charge < -0.3 is 5.73 Å². The number of nitrogens with two attached hydrogens (primary N) is 1. The van der Waals surface area contributed by atoms with Crippen molar-refractivity contribution in [2.75, 3.05) is 0 Å². The Balaban J connectivity index is 2.58. The first kappa shape index (κ1) is 13.8. The molecular formula is C10H10BrClF3N. The lowest BCUT2D eigenvalue weighted by molar-refractivity contribution is -0.148. The summed E-state index contributed by atoms with van der Waals surface area (Å²) in [6, 6.07) is 3.28. The zero-order chi connectivity index (χ0) is 12.3. The first-order valence-electron chi connectivity index (χ1n) is 4.57. The molecule has 1 unspecified atom stereocenters. The summed E-state index contributed by atoms with van der Waals surface area (Å²) in [5.74, 6) is 0. The summed E-state index contributed by atoms with van der Waals surface area (Å²) < 4.78 is 37.1. The minimum absolute atomic E-state index is 0.137. The van der Waals surface area contributed by atoms with Gasteiger partial charge in [0.05, 0.1) is 5.02 Å². The van der Waals surface area contributed by atoms with Gasteiger partial charge in [-0.15, -0.1) is 0 Å². The Hall–Kier alpha value is -0.260. The summed E-state index contributed by atoms with van der Waals surface area (Å²) >= 11 is 9.02. The Morgan fingerprint density at radius 3 is 2.50 bits per heavy atom. The van der Waals surface area contributed by atoms with Gasteiger partial charge in [-0.25, -0.2) is 0 Å². The monoisotopic (exact) mass is 315 g/mol. The highest BCUT2D eigenvalue weighted by Gasteiger charge is 2.35. The van der Waals surface area contributed by atoms with E-state index in [1.54, 1.807) is 18.2 Å². The molecule has 1 nitrogen and oxygen atoms in total. The number of benzene rings is 1. The van der Waals surface area contributed by atoms with Crippen molar-refractivity contribution < 1.29 is 13.2 Å². The SMILES string of the molecule is NC(CCc1ccc(Br)c(Cl)c1)C(F)(F)F. The van der Waals surface area contributed by atoms with Gasteiger partial charge in [0.2, 0.25) is 0 Å². The first-order valence-corrected chi connectivity index (χ1v) is 5.74. The molecule has 0 aromatic heterocycles. The van der Waals surface area contributed by atoms with Gasteiger partial charge in [0.1, 0.15) is 6.04 Å². The maximum atomic E-state index is 12.1. The molecule has 1 aromatic rings. The number of rotatable bonds is 3. The number of halogens is 5.